The molecule has 3 heterocycles. The Hall–Kier alpha value is -2.13. The van der Waals surface area contributed by atoms with Crippen molar-refractivity contribution in [2.75, 3.05) is 0 Å². The van der Waals surface area contributed by atoms with E-state index in [1.165, 1.54) is 23.1 Å². The minimum Gasteiger partial charge on any atom is -0.350 e. The fourth-order valence-corrected chi connectivity index (χ4v) is 5.91. The third kappa shape index (κ3) is 4.57. The zero-order valence-corrected chi connectivity index (χ0v) is 20.3. The minimum atomic E-state index is -0.426. The number of thioether (sulfide) groups is 1. The fraction of sp³-hybridized carbons (Fsp3) is 0.227. The van der Waals surface area contributed by atoms with E-state index in [-0.39, 0.29) is 11.5 Å². The molecule has 1 N–H and O–H groups in total. The van der Waals surface area contributed by atoms with Gasteiger partial charge in [0.2, 0.25) is 5.91 Å². The third-order valence-corrected chi connectivity index (χ3v) is 8.21. The fourth-order valence-electron chi connectivity index (χ4n) is 3.11. The Kier molecular flexibility index (Phi) is 6.52. The summed E-state index contributed by atoms with van der Waals surface area (Å²) in [5.74, 6) is -0.103. The Morgan fingerprint density at radius 2 is 2.00 bits per heavy atom. The number of nitrogens with one attached hydrogen (secondary N) is 1. The molecule has 4 aromatic rings. The summed E-state index contributed by atoms with van der Waals surface area (Å²) in [6.07, 6.45) is 0. The topological polar surface area (TPSA) is 64.0 Å². The lowest BCUT2D eigenvalue weighted by Crippen LogP contribution is -2.31. The van der Waals surface area contributed by atoms with E-state index < -0.39 is 5.25 Å². The molecule has 0 saturated heterocycles. The lowest BCUT2D eigenvalue weighted by molar-refractivity contribution is -0.120. The highest BCUT2D eigenvalue weighted by atomic mass is 35.5. The van der Waals surface area contributed by atoms with Crippen LogP contribution in [0.5, 0.6) is 0 Å². The molecule has 5 nitrogen and oxygen atoms in total. The number of aryl methyl sites for hydroxylation is 2. The van der Waals surface area contributed by atoms with Crippen LogP contribution in [0.15, 0.2) is 51.7 Å². The standard InChI is InChI=1S/C22H20ClN3O2S3/c1-12-13(2)30-20-18(12)21(28)26(16-8-6-15(23)7-9-16)22(25-20)31-14(3)19(27)24-11-17-5-4-10-29-17/h4-10,14H,11H2,1-3H3,(H,24,27). The molecule has 0 saturated carbocycles. The molecule has 0 aliphatic heterocycles. The van der Waals surface area contributed by atoms with E-state index in [2.05, 4.69) is 5.32 Å². The molecular weight excluding hydrogens is 470 g/mol. The molecule has 31 heavy (non-hydrogen) atoms. The molecule has 1 amide bonds. The van der Waals surface area contributed by atoms with Gasteiger partial charge in [-0.1, -0.05) is 29.4 Å². The number of hydrogen-bond acceptors (Lipinski definition) is 6. The van der Waals surface area contributed by atoms with E-state index in [0.29, 0.717) is 32.6 Å². The van der Waals surface area contributed by atoms with Gasteiger partial charge in [-0.2, -0.15) is 0 Å². The molecule has 1 unspecified atom stereocenters. The number of halogens is 1. The van der Waals surface area contributed by atoms with Crippen LogP contribution in [-0.4, -0.2) is 20.7 Å². The van der Waals surface area contributed by atoms with Crippen molar-refractivity contribution in [1.29, 1.82) is 0 Å². The van der Waals surface area contributed by atoms with Gasteiger partial charge in [-0.3, -0.25) is 14.2 Å². The summed E-state index contributed by atoms with van der Waals surface area (Å²) in [5.41, 5.74) is 1.47. The van der Waals surface area contributed by atoms with Crippen LogP contribution in [0.1, 0.15) is 22.2 Å². The van der Waals surface area contributed by atoms with Gasteiger partial charge in [-0.15, -0.1) is 22.7 Å². The van der Waals surface area contributed by atoms with Crippen LogP contribution >= 0.6 is 46.0 Å². The molecular formula is C22H20ClN3O2S3. The number of rotatable bonds is 6. The second-order valence-electron chi connectivity index (χ2n) is 7.03. The van der Waals surface area contributed by atoms with Crippen molar-refractivity contribution in [3.63, 3.8) is 0 Å². The predicted octanol–water partition coefficient (Wildman–Crippen LogP) is 5.58. The number of aromatic nitrogens is 2. The highest BCUT2D eigenvalue weighted by molar-refractivity contribution is 8.00. The summed E-state index contributed by atoms with van der Waals surface area (Å²) in [4.78, 5) is 33.8. The number of nitrogens with zero attached hydrogens (tertiary/aromatic N) is 2. The number of hydrogen-bond donors (Lipinski definition) is 1. The van der Waals surface area contributed by atoms with Gasteiger partial charge in [0.1, 0.15) is 4.83 Å². The van der Waals surface area contributed by atoms with E-state index in [1.54, 1.807) is 40.2 Å². The van der Waals surface area contributed by atoms with Crippen LogP contribution < -0.4 is 10.9 Å². The first-order valence-corrected chi connectivity index (χ1v) is 12.6. The molecule has 0 aliphatic carbocycles. The van der Waals surface area contributed by atoms with Gasteiger partial charge in [0.15, 0.2) is 5.16 Å². The highest BCUT2D eigenvalue weighted by Gasteiger charge is 2.22. The molecule has 0 fully saturated rings. The van der Waals surface area contributed by atoms with Gasteiger partial charge < -0.3 is 5.32 Å². The largest absolute Gasteiger partial charge is 0.350 e. The Morgan fingerprint density at radius 1 is 1.26 bits per heavy atom. The molecule has 0 spiro atoms. The SMILES string of the molecule is Cc1sc2nc(SC(C)C(=O)NCc3cccs3)n(-c3ccc(Cl)cc3)c(=O)c2c1C. The van der Waals surface area contributed by atoms with Gasteiger partial charge in [0.05, 0.1) is 22.9 Å². The van der Waals surface area contributed by atoms with Crippen LogP contribution in [0.25, 0.3) is 15.9 Å². The van der Waals surface area contributed by atoms with Crippen LogP contribution in [0.3, 0.4) is 0 Å². The average molecular weight is 490 g/mol. The molecule has 0 radical (unpaired) electrons. The second-order valence-corrected chi connectivity index (χ2v) is 11.0. The summed E-state index contributed by atoms with van der Waals surface area (Å²) in [6.45, 7) is 6.24. The van der Waals surface area contributed by atoms with Crippen molar-refractivity contribution in [2.45, 2.75) is 37.7 Å². The van der Waals surface area contributed by atoms with Crippen molar-refractivity contribution in [3.05, 3.63) is 72.5 Å². The zero-order valence-electron chi connectivity index (χ0n) is 17.1. The van der Waals surface area contributed by atoms with E-state index in [4.69, 9.17) is 16.6 Å². The molecule has 1 aromatic carbocycles. The van der Waals surface area contributed by atoms with E-state index in [9.17, 15) is 9.59 Å². The van der Waals surface area contributed by atoms with E-state index in [1.807, 2.05) is 38.3 Å². The molecule has 160 valence electrons. The average Bonchev–Trinajstić information content (AvgIpc) is 3.35. The lowest BCUT2D eigenvalue weighted by atomic mass is 10.2. The second kappa shape index (κ2) is 9.16. The Labute approximate surface area is 197 Å². The van der Waals surface area contributed by atoms with Gasteiger partial charge in [0.25, 0.3) is 5.56 Å². The number of thiophene rings is 2. The summed E-state index contributed by atoms with van der Waals surface area (Å²) in [7, 11) is 0. The minimum absolute atomic E-state index is 0.103. The number of fused-ring (bicyclic) bond motifs is 1. The number of carbonyl (C=O) groups excluding carboxylic acids is 1. The van der Waals surface area contributed by atoms with E-state index in [0.717, 1.165) is 15.3 Å². The molecule has 0 bridgehead atoms. The molecule has 3 aromatic heterocycles. The maximum atomic E-state index is 13.5. The van der Waals surface area contributed by atoms with Crippen molar-refractivity contribution in [1.82, 2.24) is 14.9 Å². The molecule has 9 heteroatoms. The van der Waals surface area contributed by atoms with Crippen LogP contribution in [0, 0.1) is 13.8 Å². The van der Waals surface area contributed by atoms with Crippen LogP contribution in [0.4, 0.5) is 0 Å². The van der Waals surface area contributed by atoms with Crippen molar-refractivity contribution >= 4 is 62.2 Å². The first-order chi connectivity index (χ1) is 14.8. The number of amides is 1. The van der Waals surface area contributed by atoms with Gasteiger partial charge in [-0.05, 0) is 62.0 Å². The first kappa shape index (κ1) is 22.1. The Morgan fingerprint density at radius 3 is 2.68 bits per heavy atom. The molecule has 0 aliphatic rings. The lowest BCUT2D eigenvalue weighted by Gasteiger charge is -2.16. The highest BCUT2D eigenvalue weighted by Crippen LogP contribution is 2.31. The Balaban J connectivity index is 1.71. The maximum Gasteiger partial charge on any atom is 0.267 e. The quantitative estimate of drug-likeness (QED) is 0.284. The third-order valence-electron chi connectivity index (χ3n) is 4.93. The molecule has 1 atom stereocenters. The number of carbonyl (C=O) groups is 1. The van der Waals surface area contributed by atoms with Gasteiger partial charge >= 0.3 is 0 Å². The summed E-state index contributed by atoms with van der Waals surface area (Å²) < 4.78 is 1.57. The van der Waals surface area contributed by atoms with Crippen LogP contribution in [-0.2, 0) is 11.3 Å². The summed E-state index contributed by atoms with van der Waals surface area (Å²) >= 11 is 10.4. The maximum absolute atomic E-state index is 13.5. The molecule has 4 rings (SSSR count). The summed E-state index contributed by atoms with van der Waals surface area (Å²) in [6, 6.07) is 11.0. The first-order valence-electron chi connectivity index (χ1n) is 9.60. The zero-order chi connectivity index (χ0) is 22.1. The smallest absolute Gasteiger partial charge is 0.267 e. The summed E-state index contributed by atoms with van der Waals surface area (Å²) in [5, 5.41) is 6.21. The van der Waals surface area contributed by atoms with E-state index >= 15 is 0 Å². The normalized spacial score (nSPS) is 12.3. The van der Waals surface area contributed by atoms with Crippen LogP contribution in [0.2, 0.25) is 5.02 Å². The van der Waals surface area contributed by atoms with Gasteiger partial charge in [-0.25, -0.2) is 4.98 Å². The van der Waals surface area contributed by atoms with Crippen molar-refractivity contribution < 1.29 is 4.79 Å². The monoisotopic (exact) mass is 489 g/mol. The van der Waals surface area contributed by atoms with Crippen molar-refractivity contribution in [3.8, 4) is 5.69 Å². The van der Waals surface area contributed by atoms with Crippen molar-refractivity contribution in [2.24, 2.45) is 0 Å². The van der Waals surface area contributed by atoms with Gasteiger partial charge in [0, 0.05) is 14.8 Å². The number of benzene rings is 1. The Bertz CT molecular complexity index is 1290. The predicted molar refractivity (Wildman–Crippen MR) is 131 cm³/mol.